The van der Waals surface area contributed by atoms with Crippen molar-refractivity contribution >= 4 is 69.3 Å². The van der Waals surface area contributed by atoms with Gasteiger partial charge in [-0.25, -0.2) is 13.2 Å². The first kappa shape index (κ1) is 32.7. The van der Waals surface area contributed by atoms with Crippen molar-refractivity contribution in [2.24, 2.45) is 4.74 Å². The third-order valence-electron chi connectivity index (χ3n) is 7.69. The Balaban J connectivity index is 1.72. The number of halogens is 2. The lowest BCUT2D eigenvalue weighted by atomic mass is 10.2. The second kappa shape index (κ2) is 14.1. The molecule has 0 atom stereocenters. The molecule has 2 heterocycles. The van der Waals surface area contributed by atoms with E-state index in [0.717, 1.165) is 51.9 Å². The summed E-state index contributed by atoms with van der Waals surface area (Å²) in [7, 11) is -6.22. The van der Waals surface area contributed by atoms with Crippen molar-refractivity contribution in [1.29, 1.82) is 0 Å². The maximum Gasteiger partial charge on any atom is 0.262 e. The van der Waals surface area contributed by atoms with Gasteiger partial charge in [0.25, 0.3) is 10.0 Å². The van der Waals surface area contributed by atoms with Gasteiger partial charge in [-0.3, -0.25) is 14.1 Å². The monoisotopic (exact) mass is 657 g/mol. The first-order valence-corrected chi connectivity index (χ1v) is 18.7. The van der Waals surface area contributed by atoms with Gasteiger partial charge in [0.1, 0.15) is 7.36 Å². The number of anilines is 2. The number of nitrogens with one attached hydrogen (secondary N) is 2. The molecule has 0 saturated carbocycles. The summed E-state index contributed by atoms with van der Waals surface area (Å²) in [4.78, 5) is 0.0454. The standard InChI is InChI=1S/C29H42Cl2N5O2PS2/c1-29(2,3)39(35-18-10-4-5-11-19-35,36-20-12-6-7-13-21-36)33-28(40)32-27-22-23(16-17-25(27)31)41(37,38)34-26-15-9-8-14-24(26)30/h8-9,14-17,22,34H,4-7,10-13,18-21H2,1-3H3,(H,32,40). The lowest BCUT2D eigenvalue weighted by molar-refractivity contribution is 0.368. The SMILES string of the molecule is CC(C)(C)P(=NC(=S)Nc1cc(S(=O)(=O)Nc2ccccc2Cl)ccc1Cl)(N1CCCCCC1)N1CCCCCC1. The minimum absolute atomic E-state index is 0.0454. The van der Waals surface area contributed by atoms with Crippen LogP contribution in [-0.4, -0.2) is 54.2 Å². The molecule has 41 heavy (non-hydrogen) atoms. The second-order valence-corrected chi connectivity index (χ2v) is 18.4. The predicted octanol–water partition coefficient (Wildman–Crippen LogP) is 9.07. The van der Waals surface area contributed by atoms with Crippen molar-refractivity contribution in [2.75, 3.05) is 36.2 Å². The molecule has 0 aliphatic carbocycles. The molecule has 2 aromatic rings. The number of sulfonamides is 1. The normalized spacial score (nSPS) is 18.3. The molecule has 0 aromatic heterocycles. The smallest absolute Gasteiger partial charge is 0.262 e. The van der Waals surface area contributed by atoms with Crippen LogP contribution < -0.4 is 10.0 Å². The van der Waals surface area contributed by atoms with Gasteiger partial charge in [0.15, 0.2) is 5.11 Å². The van der Waals surface area contributed by atoms with E-state index in [-0.39, 0.29) is 10.1 Å². The molecule has 226 valence electrons. The summed E-state index contributed by atoms with van der Waals surface area (Å²) in [5.41, 5.74) is 0.708. The number of benzene rings is 2. The zero-order chi connectivity index (χ0) is 29.7. The first-order valence-electron chi connectivity index (χ1n) is 14.5. The van der Waals surface area contributed by atoms with Gasteiger partial charge in [0.05, 0.1) is 26.3 Å². The first-order chi connectivity index (χ1) is 19.4. The van der Waals surface area contributed by atoms with Crippen LogP contribution in [0.25, 0.3) is 0 Å². The van der Waals surface area contributed by atoms with Crippen molar-refractivity contribution < 1.29 is 8.42 Å². The maximum absolute atomic E-state index is 13.2. The number of para-hydroxylation sites is 1. The van der Waals surface area contributed by atoms with Crippen molar-refractivity contribution in [3.8, 4) is 0 Å². The van der Waals surface area contributed by atoms with Crippen LogP contribution in [-0.2, 0) is 10.0 Å². The fraction of sp³-hybridized carbons (Fsp3) is 0.552. The van der Waals surface area contributed by atoms with Crippen molar-refractivity contribution in [3.05, 3.63) is 52.5 Å². The van der Waals surface area contributed by atoms with Crippen LogP contribution in [0.3, 0.4) is 0 Å². The van der Waals surface area contributed by atoms with E-state index in [1.165, 1.54) is 37.8 Å². The van der Waals surface area contributed by atoms with E-state index in [0.29, 0.717) is 26.5 Å². The van der Waals surface area contributed by atoms with Gasteiger partial charge < -0.3 is 5.32 Å². The molecule has 7 nitrogen and oxygen atoms in total. The number of rotatable bonds is 6. The van der Waals surface area contributed by atoms with E-state index >= 15 is 0 Å². The van der Waals surface area contributed by atoms with Crippen molar-refractivity contribution in [3.63, 3.8) is 0 Å². The third kappa shape index (κ3) is 7.86. The largest absolute Gasteiger partial charge is 0.330 e. The van der Waals surface area contributed by atoms with Crippen LogP contribution in [0.2, 0.25) is 10.0 Å². The molecule has 2 aliphatic rings. The molecular weight excluding hydrogens is 616 g/mol. The summed E-state index contributed by atoms with van der Waals surface area (Å²) < 4.78 is 39.8. The van der Waals surface area contributed by atoms with E-state index in [2.05, 4.69) is 40.2 Å². The molecule has 12 heteroatoms. The lowest BCUT2D eigenvalue weighted by Crippen LogP contribution is -2.42. The molecule has 2 aliphatic heterocycles. The molecule has 2 N–H and O–H groups in total. The van der Waals surface area contributed by atoms with Gasteiger partial charge in [-0.1, -0.05) is 81.8 Å². The molecule has 0 spiro atoms. The quantitative estimate of drug-likeness (QED) is 0.238. The molecular formula is C29H42Cl2N5O2PS2. The molecule has 0 amide bonds. The lowest BCUT2D eigenvalue weighted by Gasteiger charge is -2.50. The topological polar surface area (TPSA) is 77.0 Å². The number of hydrogen-bond donors (Lipinski definition) is 2. The zero-order valence-corrected chi connectivity index (χ0v) is 28.2. The summed E-state index contributed by atoms with van der Waals surface area (Å²) >= 11 is 18.7. The Morgan fingerprint density at radius 3 is 1.85 bits per heavy atom. The Kier molecular flexibility index (Phi) is 11.2. The summed E-state index contributed by atoms with van der Waals surface area (Å²) in [6, 6.07) is 11.2. The minimum atomic E-state index is -3.93. The maximum atomic E-state index is 13.2. The Labute approximate surface area is 261 Å². The van der Waals surface area contributed by atoms with E-state index in [1.807, 2.05) is 0 Å². The van der Waals surface area contributed by atoms with Gasteiger partial charge in [-0.15, -0.1) is 0 Å². The van der Waals surface area contributed by atoms with Crippen LogP contribution >= 0.6 is 42.8 Å². The summed E-state index contributed by atoms with van der Waals surface area (Å²) in [5.74, 6) is 0. The van der Waals surface area contributed by atoms with Gasteiger partial charge in [0.2, 0.25) is 0 Å². The minimum Gasteiger partial charge on any atom is -0.330 e. The van der Waals surface area contributed by atoms with E-state index in [9.17, 15) is 8.42 Å². The van der Waals surface area contributed by atoms with Gasteiger partial charge in [0, 0.05) is 31.3 Å². The molecule has 2 fully saturated rings. The fourth-order valence-corrected chi connectivity index (χ4v) is 12.3. The average Bonchev–Trinajstić information content (AvgIpc) is 3.35. The van der Waals surface area contributed by atoms with Crippen LogP contribution in [0.1, 0.15) is 72.1 Å². The molecule has 0 unspecified atom stereocenters. The molecule has 0 radical (unpaired) electrons. The summed E-state index contributed by atoms with van der Waals surface area (Å²) in [6.07, 6.45) is 9.59. The Bertz CT molecular complexity index is 1360. The highest BCUT2D eigenvalue weighted by Gasteiger charge is 2.44. The third-order valence-corrected chi connectivity index (χ3v) is 14.7. The van der Waals surface area contributed by atoms with Crippen LogP contribution in [0.15, 0.2) is 52.1 Å². The van der Waals surface area contributed by atoms with Gasteiger partial charge in [-0.05, 0) is 68.2 Å². The number of hydrogen-bond acceptors (Lipinski definition) is 3. The zero-order valence-electron chi connectivity index (χ0n) is 24.2. The Hall–Kier alpha value is -1.19. The highest BCUT2D eigenvalue weighted by atomic mass is 35.5. The van der Waals surface area contributed by atoms with Crippen molar-refractivity contribution in [1.82, 2.24) is 9.34 Å². The van der Waals surface area contributed by atoms with Gasteiger partial charge >= 0.3 is 0 Å². The van der Waals surface area contributed by atoms with Gasteiger partial charge in [-0.2, -0.15) is 0 Å². The van der Waals surface area contributed by atoms with E-state index in [1.54, 1.807) is 30.3 Å². The summed E-state index contributed by atoms with van der Waals surface area (Å²) in [5, 5.41) is 4.09. The Morgan fingerprint density at radius 2 is 1.34 bits per heavy atom. The Morgan fingerprint density at radius 1 is 0.829 bits per heavy atom. The van der Waals surface area contributed by atoms with E-state index in [4.69, 9.17) is 40.2 Å². The molecule has 0 bridgehead atoms. The highest BCUT2D eigenvalue weighted by Crippen LogP contribution is 2.67. The average molecular weight is 659 g/mol. The van der Waals surface area contributed by atoms with Crippen molar-refractivity contribution in [2.45, 2.75) is 82.2 Å². The predicted molar refractivity (Wildman–Crippen MR) is 179 cm³/mol. The number of nitrogens with zero attached hydrogens (tertiary/aromatic N) is 3. The second-order valence-electron chi connectivity index (χ2n) is 11.7. The fourth-order valence-electron chi connectivity index (χ4n) is 5.75. The molecule has 2 aromatic carbocycles. The van der Waals surface area contributed by atoms with E-state index < -0.39 is 17.4 Å². The number of thiocarbonyl (C=S) groups is 1. The van der Waals surface area contributed by atoms with Crippen LogP contribution in [0.4, 0.5) is 11.4 Å². The highest BCUT2D eigenvalue weighted by molar-refractivity contribution is 7.92. The van der Waals surface area contributed by atoms with Crippen LogP contribution in [0, 0.1) is 0 Å². The molecule has 4 rings (SSSR count). The van der Waals surface area contributed by atoms with Crippen LogP contribution in [0.5, 0.6) is 0 Å². The summed E-state index contributed by atoms with van der Waals surface area (Å²) in [6.45, 7) is 10.9. The molecule has 2 saturated heterocycles.